The first kappa shape index (κ1) is 17.2. The Hall–Kier alpha value is -2.24. The molecule has 1 aliphatic heterocycles. The number of anilines is 1. The summed E-state index contributed by atoms with van der Waals surface area (Å²) in [6, 6.07) is 19.1. The maximum Gasteiger partial charge on any atom is 0.322 e. The fraction of sp³-hybridized carbons (Fsp3) is 0.150. The lowest BCUT2D eigenvalue weighted by molar-refractivity contribution is 0.182. The van der Waals surface area contributed by atoms with Crippen molar-refractivity contribution in [3.63, 3.8) is 0 Å². The number of nitrogens with one attached hydrogen (secondary N) is 1. The van der Waals surface area contributed by atoms with Crippen LogP contribution in [0.15, 0.2) is 71.3 Å². The average Bonchev–Trinajstić information content (AvgIpc) is 3.12. The molecule has 2 aromatic carbocycles. The molecule has 0 fully saturated rings. The molecule has 26 heavy (non-hydrogen) atoms. The molecule has 0 saturated heterocycles. The third kappa shape index (κ3) is 3.37. The molecule has 1 atom stereocenters. The van der Waals surface area contributed by atoms with Gasteiger partial charge in [-0.15, -0.1) is 0 Å². The number of hydrogen-bond donors (Lipinski definition) is 1. The van der Waals surface area contributed by atoms with Crippen LogP contribution in [0.3, 0.4) is 0 Å². The number of aromatic nitrogens is 1. The Morgan fingerprint density at radius 2 is 1.77 bits per heavy atom. The topological polar surface area (TPSA) is 37.3 Å². The van der Waals surface area contributed by atoms with E-state index in [1.54, 1.807) is 12.1 Å². The number of hydrogen-bond acceptors (Lipinski definition) is 1. The molecule has 6 heteroatoms. The molecule has 0 radical (unpaired) electrons. The number of nitrogens with zero attached hydrogens (tertiary/aromatic N) is 2. The predicted molar refractivity (Wildman–Crippen MR) is 108 cm³/mol. The predicted octanol–water partition coefficient (Wildman–Crippen LogP) is 5.54. The van der Waals surface area contributed by atoms with Crippen molar-refractivity contribution in [2.75, 3.05) is 11.9 Å². The Balaban J connectivity index is 1.66. The number of benzene rings is 2. The molecule has 1 unspecified atom stereocenters. The van der Waals surface area contributed by atoms with Crippen molar-refractivity contribution >= 4 is 39.2 Å². The van der Waals surface area contributed by atoms with Crippen molar-refractivity contribution in [2.24, 2.45) is 0 Å². The second-order valence-corrected chi connectivity index (χ2v) is 7.56. The zero-order valence-corrected chi connectivity index (χ0v) is 16.2. The van der Waals surface area contributed by atoms with Gasteiger partial charge in [0.2, 0.25) is 0 Å². The Labute approximate surface area is 165 Å². The molecule has 132 valence electrons. The van der Waals surface area contributed by atoms with Gasteiger partial charge in [0, 0.05) is 40.2 Å². The van der Waals surface area contributed by atoms with Gasteiger partial charge < -0.3 is 14.8 Å². The largest absolute Gasteiger partial charge is 0.348 e. The smallest absolute Gasteiger partial charge is 0.322 e. The maximum atomic E-state index is 13.0. The zero-order valence-electron chi connectivity index (χ0n) is 13.9. The van der Waals surface area contributed by atoms with E-state index in [2.05, 4.69) is 50.2 Å². The highest BCUT2D eigenvalue weighted by Gasteiger charge is 2.32. The normalized spacial score (nSPS) is 16.2. The molecule has 1 aliphatic rings. The molecule has 0 spiro atoms. The molecule has 2 amide bonds. The van der Waals surface area contributed by atoms with Gasteiger partial charge in [-0.1, -0.05) is 39.7 Å². The fourth-order valence-corrected chi connectivity index (χ4v) is 3.72. The molecule has 3 aromatic rings. The highest BCUT2D eigenvalue weighted by molar-refractivity contribution is 9.10. The van der Waals surface area contributed by atoms with Crippen LogP contribution in [-0.4, -0.2) is 22.0 Å². The Morgan fingerprint density at radius 1 is 1.04 bits per heavy atom. The van der Waals surface area contributed by atoms with Crippen molar-refractivity contribution in [3.8, 4) is 0 Å². The lowest BCUT2D eigenvalue weighted by Crippen LogP contribution is -2.44. The molecular weight excluding hydrogens is 414 g/mol. The van der Waals surface area contributed by atoms with E-state index in [0.29, 0.717) is 11.6 Å². The first-order valence-electron chi connectivity index (χ1n) is 8.35. The summed E-state index contributed by atoms with van der Waals surface area (Å²) in [5.41, 5.74) is 2.93. The van der Waals surface area contributed by atoms with Crippen LogP contribution in [0.5, 0.6) is 0 Å². The third-order valence-corrected chi connectivity index (χ3v) is 5.36. The minimum absolute atomic E-state index is 0.118. The Kier molecular flexibility index (Phi) is 4.74. The number of halogens is 2. The molecule has 2 heterocycles. The highest BCUT2D eigenvalue weighted by Crippen LogP contribution is 2.33. The van der Waals surface area contributed by atoms with E-state index in [4.69, 9.17) is 11.6 Å². The van der Waals surface area contributed by atoms with Crippen LogP contribution < -0.4 is 5.32 Å². The molecular formula is C20H17BrClN3O. The average molecular weight is 431 g/mol. The van der Waals surface area contributed by atoms with E-state index in [-0.39, 0.29) is 12.1 Å². The summed E-state index contributed by atoms with van der Waals surface area (Å²) in [7, 11) is 0. The number of rotatable bonds is 2. The fourth-order valence-electron chi connectivity index (χ4n) is 3.33. The van der Waals surface area contributed by atoms with Gasteiger partial charge in [0.1, 0.15) is 0 Å². The Bertz CT molecular complexity index is 921. The van der Waals surface area contributed by atoms with E-state index >= 15 is 0 Å². The van der Waals surface area contributed by atoms with Crippen molar-refractivity contribution in [1.29, 1.82) is 0 Å². The van der Waals surface area contributed by atoms with Crippen LogP contribution in [0.25, 0.3) is 0 Å². The van der Waals surface area contributed by atoms with Gasteiger partial charge in [0.25, 0.3) is 0 Å². The van der Waals surface area contributed by atoms with Gasteiger partial charge in [0.15, 0.2) is 0 Å². The Morgan fingerprint density at radius 3 is 2.50 bits per heavy atom. The summed E-state index contributed by atoms with van der Waals surface area (Å²) in [6.45, 7) is 1.42. The van der Waals surface area contributed by atoms with Crippen LogP contribution in [0.1, 0.15) is 17.3 Å². The van der Waals surface area contributed by atoms with Crippen LogP contribution in [0.4, 0.5) is 10.5 Å². The molecule has 0 saturated carbocycles. The summed E-state index contributed by atoms with van der Waals surface area (Å²) in [4.78, 5) is 14.9. The molecule has 4 rings (SSSR count). The molecule has 1 N–H and O–H groups in total. The highest BCUT2D eigenvalue weighted by atomic mass is 79.9. The van der Waals surface area contributed by atoms with Crippen LogP contribution in [0.2, 0.25) is 5.02 Å². The minimum Gasteiger partial charge on any atom is -0.348 e. The molecule has 0 aliphatic carbocycles. The lowest BCUT2D eigenvalue weighted by atomic mass is 10.0. The van der Waals surface area contributed by atoms with Crippen molar-refractivity contribution in [3.05, 3.63) is 87.6 Å². The second-order valence-electron chi connectivity index (χ2n) is 6.21. The first-order valence-corrected chi connectivity index (χ1v) is 9.52. The monoisotopic (exact) mass is 429 g/mol. The van der Waals surface area contributed by atoms with Gasteiger partial charge in [-0.25, -0.2) is 4.79 Å². The SMILES string of the molecule is O=C(Nc1ccc(Cl)cc1)N1CCn2cccc2C1c1ccc(Br)cc1. The van der Waals surface area contributed by atoms with E-state index in [9.17, 15) is 4.79 Å². The lowest BCUT2D eigenvalue weighted by Gasteiger charge is -2.37. The third-order valence-electron chi connectivity index (χ3n) is 4.58. The second kappa shape index (κ2) is 7.17. The van der Waals surface area contributed by atoms with Crippen molar-refractivity contribution in [2.45, 2.75) is 12.6 Å². The summed E-state index contributed by atoms with van der Waals surface area (Å²) >= 11 is 9.41. The quantitative estimate of drug-likeness (QED) is 0.569. The maximum absolute atomic E-state index is 13.0. The number of urea groups is 1. The standard InChI is InChI=1S/C20H17BrClN3O/c21-15-5-3-14(4-6-15)19-18-2-1-11-24(18)12-13-25(19)20(26)23-17-9-7-16(22)8-10-17/h1-11,19H,12-13H2,(H,23,26). The summed E-state index contributed by atoms with van der Waals surface area (Å²) < 4.78 is 3.23. The van der Waals surface area contributed by atoms with E-state index in [0.717, 1.165) is 28.0 Å². The summed E-state index contributed by atoms with van der Waals surface area (Å²) in [5.74, 6) is 0. The van der Waals surface area contributed by atoms with Crippen LogP contribution in [0, 0.1) is 0 Å². The molecule has 0 bridgehead atoms. The summed E-state index contributed by atoms with van der Waals surface area (Å²) in [5, 5.41) is 3.63. The van der Waals surface area contributed by atoms with Gasteiger partial charge in [-0.3, -0.25) is 0 Å². The number of carbonyl (C=O) groups is 1. The van der Waals surface area contributed by atoms with Crippen LogP contribution >= 0.6 is 27.5 Å². The van der Waals surface area contributed by atoms with Gasteiger partial charge in [0.05, 0.1) is 6.04 Å². The first-order chi connectivity index (χ1) is 12.6. The van der Waals surface area contributed by atoms with Crippen molar-refractivity contribution < 1.29 is 4.79 Å². The zero-order chi connectivity index (χ0) is 18.1. The number of fused-ring (bicyclic) bond motifs is 1. The van der Waals surface area contributed by atoms with Crippen LogP contribution in [-0.2, 0) is 6.54 Å². The summed E-state index contributed by atoms with van der Waals surface area (Å²) in [6.07, 6.45) is 2.07. The molecule has 4 nitrogen and oxygen atoms in total. The number of amides is 2. The van der Waals surface area contributed by atoms with E-state index < -0.39 is 0 Å². The van der Waals surface area contributed by atoms with Gasteiger partial charge in [-0.2, -0.15) is 0 Å². The van der Waals surface area contributed by atoms with E-state index in [1.807, 2.05) is 35.2 Å². The molecule has 1 aromatic heterocycles. The minimum atomic E-state index is -0.126. The van der Waals surface area contributed by atoms with E-state index in [1.165, 1.54) is 0 Å². The number of carbonyl (C=O) groups excluding carboxylic acids is 1. The van der Waals surface area contributed by atoms with Gasteiger partial charge in [-0.05, 0) is 54.1 Å². The van der Waals surface area contributed by atoms with Gasteiger partial charge >= 0.3 is 6.03 Å². The van der Waals surface area contributed by atoms with Crippen molar-refractivity contribution in [1.82, 2.24) is 9.47 Å².